The third-order valence-electron chi connectivity index (χ3n) is 5.20. The lowest BCUT2D eigenvalue weighted by Gasteiger charge is -2.12. The molecule has 10 nitrogen and oxygen atoms in total. The van der Waals surface area contributed by atoms with Gasteiger partial charge in [-0.1, -0.05) is 11.6 Å². The number of fused-ring (bicyclic) bond motifs is 1. The number of pyridine rings is 4. The van der Waals surface area contributed by atoms with Crippen LogP contribution in [-0.2, 0) is 10.0 Å². The summed E-state index contributed by atoms with van der Waals surface area (Å²) in [7, 11) is -2.66. The Balaban J connectivity index is 1.69. The van der Waals surface area contributed by atoms with E-state index in [1.54, 1.807) is 24.5 Å². The highest BCUT2D eigenvalue weighted by Gasteiger charge is 2.21. The number of hydrogen-bond acceptors (Lipinski definition) is 8. The van der Waals surface area contributed by atoms with Gasteiger partial charge in [-0.3, -0.25) is 10.1 Å². The van der Waals surface area contributed by atoms with Crippen molar-refractivity contribution in [3.05, 3.63) is 66.1 Å². The third-order valence-corrected chi connectivity index (χ3v) is 6.45. The van der Waals surface area contributed by atoms with E-state index in [1.807, 2.05) is 0 Å². The maximum Gasteiger partial charge on any atom is 0.240 e. The van der Waals surface area contributed by atoms with Crippen LogP contribution in [-0.4, -0.2) is 45.7 Å². The van der Waals surface area contributed by atoms with E-state index in [-0.39, 0.29) is 21.5 Å². The maximum absolute atomic E-state index is 13.8. The zero-order valence-electron chi connectivity index (χ0n) is 17.9. The highest BCUT2D eigenvalue weighted by Crippen LogP contribution is 2.36. The summed E-state index contributed by atoms with van der Waals surface area (Å²) in [6.07, 6.45) is 5.79. The van der Waals surface area contributed by atoms with Crippen molar-refractivity contribution in [2.24, 2.45) is 5.14 Å². The Labute approximate surface area is 203 Å². The van der Waals surface area contributed by atoms with Crippen LogP contribution in [0.15, 0.2) is 60.0 Å². The molecule has 5 aromatic heterocycles. The topological polar surface area (TPSA) is 150 Å². The molecule has 0 aliphatic heterocycles. The molecule has 0 atom stereocenters. The van der Waals surface area contributed by atoms with Crippen molar-refractivity contribution in [1.82, 2.24) is 30.1 Å². The molecule has 176 valence electrons. The number of aromatic nitrogens is 6. The Kier molecular flexibility index (Phi) is 5.63. The minimum absolute atomic E-state index is 0.0956. The molecule has 13 heteroatoms. The number of nitrogens with two attached hydrogens (primary N) is 1. The molecule has 0 aromatic carbocycles. The molecule has 5 aromatic rings. The first-order valence-corrected chi connectivity index (χ1v) is 11.9. The second-order valence-electron chi connectivity index (χ2n) is 7.36. The van der Waals surface area contributed by atoms with E-state index < -0.39 is 16.0 Å². The molecular formula is C22H15ClFN7O3S. The molecule has 35 heavy (non-hydrogen) atoms. The van der Waals surface area contributed by atoms with E-state index in [9.17, 15) is 12.8 Å². The molecule has 0 amide bonds. The van der Waals surface area contributed by atoms with Crippen molar-refractivity contribution < 1.29 is 17.5 Å². The monoisotopic (exact) mass is 511 g/mol. The first-order valence-electron chi connectivity index (χ1n) is 9.94. The van der Waals surface area contributed by atoms with Gasteiger partial charge in [-0.2, -0.15) is 9.49 Å². The molecule has 0 aliphatic carbocycles. The fourth-order valence-electron chi connectivity index (χ4n) is 3.63. The number of nitrogens with one attached hydrogen (secondary N) is 1. The van der Waals surface area contributed by atoms with E-state index in [0.29, 0.717) is 39.0 Å². The molecule has 5 rings (SSSR count). The number of halogens is 2. The van der Waals surface area contributed by atoms with Crippen molar-refractivity contribution in [3.8, 4) is 39.5 Å². The molecule has 0 bridgehead atoms. The average molecular weight is 512 g/mol. The van der Waals surface area contributed by atoms with Gasteiger partial charge < -0.3 is 4.74 Å². The zero-order chi connectivity index (χ0) is 24.7. The molecule has 0 radical (unpaired) electrons. The van der Waals surface area contributed by atoms with Crippen molar-refractivity contribution in [1.29, 1.82) is 0 Å². The van der Waals surface area contributed by atoms with Gasteiger partial charge in [0.25, 0.3) is 0 Å². The van der Waals surface area contributed by atoms with Gasteiger partial charge in [0.2, 0.25) is 21.9 Å². The average Bonchev–Trinajstić information content (AvgIpc) is 3.27. The fourth-order valence-corrected chi connectivity index (χ4v) is 4.52. The van der Waals surface area contributed by atoms with E-state index in [1.165, 1.54) is 37.7 Å². The summed E-state index contributed by atoms with van der Waals surface area (Å²) >= 11 is 6.22. The second-order valence-corrected chi connectivity index (χ2v) is 9.29. The van der Waals surface area contributed by atoms with Gasteiger partial charge in [0, 0.05) is 52.9 Å². The van der Waals surface area contributed by atoms with Crippen LogP contribution < -0.4 is 9.88 Å². The van der Waals surface area contributed by atoms with Crippen molar-refractivity contribution in [3.63, 3.8) is 0 Å². The predicted molar refractivity (Wildman–Crippen MR) is 126 cm³/mol. The summed E-state index contributed by atoms with van der Waals surface area (Å²) in [4.78, 5) is 16.3. The standard InChI is InChI=1S/C22H15ClFN7O3S/c1-34-22-15(20-17(35(25,32)33)3-2-4-26-20)6-12(9-29-22)11-5-14-19(30-31-21(14)28-8-11)13-7-18(24)27-10-16(13)23/h2-10H,1H3,(H2,25,32,33)(H,28,30,31). The van der Waals surface area contributed by atoms with E-state index in [2.05, 4.69) is 30.1 Å². The third kappa shape index (κ3) is 4.18. The van der Waals surface area contributed by atoms with E-state index >= 15 is 0 Å². The molecular weight excluding hydrogens is 497 g/mol. The molecule has 0 saturated heterocycles. The smallest absolute Gasteiger partial charge is 0.240 e. The second kappa shape index (κ2) is 8.65. The van der Waals surface area contributed by atoms with Crippen molar-refractivity contribution in [2.45, 2.75) is 4.90 Å². The van der Waals surface area contributed by atoms with Crippen LogP contribution in [0.25, 0.3) is 44.7 Å². The number of sulfonamides is 1. The van der Waals surface area contributed by atoms with Crippen LogP contribution >= 0.6 is 11.6 Å². The highest BCUT2D eigenvalue weighted by molar-refractivity contribution is 7.89. The molecule has 5 heterocycles. The number of H-pyrrole nitrogens is 1. The number of hydrogen-bond donors (Lipinski definition) is 2. The lowest BCUT2D eigenvalue weighted by atomic mass is 10.0. The number of rotatable bonds is 5. The summed E-state index contributed by atoms with van der Waals surface area (Å²) in [6.45, 7) is 0. The Bertz CT molecular complexity index is 1710. The van der Waals surface area contributed by atoms with Crippen LogP contribution in [0.5, 0.6) is 5.88 Å². The minimum Gasteiger partial charge on any atom is -0.481 e. The van der Waals surface area contributed by atoms with E-state index in [4.69, 9.17) is 21.5 Å². The van der Waals surface area contributed by atoms with Crippen molar-refractivity contribution >= 4 is 32.7 Å². The van der Waals surface area contributed by atoms with Crippen LogP contribution in [0.3, 0.4) is 0 Å². The first-order chi connectivity index (χ1) is 16.8. The van der Waals surface area contributed by atoms with E-state index in [0.717, 1.165) is 0 Å². The summed E-state index contributed by atoms with van der Waals surface area (Å²) in [5.74, 6) is -0.538. The Morgan fingerprint density at radius 2 is 1.77 bits per heavy atom. The Morgan fingerprint density at radius 3 is 2.54 bits per heavy atom. The quantitative estimate of drug-likeness (QED) is 0.340. The fraction of sp³-hybridized carbons (Fsp3) is 0.0455. The number of primary sulfonamides is 1. The Morgan fingerprint density at radius 1 is 1.00 bits per heavy atom. The van der Waals surface area contributed by atoms with Crippen molar-refractivity contribution in [2.75, 3.05) is 7.11 Å². The molecule has 0 unspecified atom stereocenters. The lowest BCUT2D eigenvalue weighted by Crippen LogP contribution is -2.14. The number of ether oxygens (including phenoxy) is 1. The molecule has 0 spiro atoms. The summed E-state index contributed by atoms with van der Waals surface area (Å²) < 4.78 is 43.4. The maximum atomic E-state index is 13.8. The Hall–Kier alpha value is -4.00. The SMILES string of the molecule is COc1ncc(-c2cnc3[nH]nc(-c4cc(F)ncc4Cl)c3c2)cc1-c1ncccc1S(N)(=O)=O. The molecule has 3 N–H and O–H groups in total. The number of nitrogens with zero attached hydrogens (tertiary/aromatic N) is 5. The molecule has 0 fully saturated rings. The molecule has 0 aliphatic rings. The van der Waals surface area contributed by atoms with Crippen LogP contribution in [0, 0.1) is 5.95 Å². The van der Waals surface area contributed by atoms with Gasteiger partial charge in [-0.25, -0.2) is 28.5 Å². The number of aromatic amines is 1. The van der Waals surface area contributed by atoms with Gasteiger partial charge in [-0.05, 0) is 24.3 Å². The van der Waals surface area contributed by atoms with Gasteiger partial charge >= 0.3 is 0 Å². The predicted octanol–water partition coefficient (Wildman–Crippen LogP) is 3.59. The van der Waals surface area contributed by atoms with Crippen LogP contribution in [0.1, 0.15) is 0 Å². The minimum atomic E-state index is -4.07. The summed E-state index contributed by atoms with van der Waals surface area (Å²) in [6, 6.07) is 7.46. The molecule has 0 saturated carbocycles. The van der Waals surface area contributed by atoms with Crippen LogP contribution in [0.2, 0.25) is 5.02 Å². The first kappa shape index (κ1) is 22.8. The summed E-state index contributed by atoms with van der Waals surface area (Å²) in [5.41, 5.74) is 2.82. The highest BCUT2D eigenvalue weighted by atomic mass is 35.5. The lowest BCUT2D eigenvalue weighted by molar-refractivity contribution is 0.399. The summed E-state index contributed by atoms with van der Waals surface area (Å²) in [5, 5.41) is 13.2. The largest absolute Gasteiger partial charge is 0.481 e. The number of methoxy groups -OCH3 is 1. The van der Waals surface area contributed by atoms with Gasteiger partial charge in [0.15, 0.2) is 5.65 Å². The zero-order valence-corrected chi connectivity index (χ0v) is 19.5. The van der Waals surface area contributed by atoms with Gasteiger partial charge in [0.05, 0.1) is 23.4 Å². The van der Waals surface area contributed by atoms with Gasteiger partial charge in [0.1, 0.15) is 10.6 Å². The normalized spacial score (nSPS) is 11.7. The van der Waals surface area contributed by atoms with Gasteiger partial charge in [-0.15, -0.1) is 0 Å². The van der Waals surface area contributed by atoms with Crippen LogP contribution in [0.4, 0.5) is 4.39 Å².